The molecule has 1 aromatic rings. The van der Waals surface area contributed by atoms with Gasteiger partial charge in [0.15, 0.2) is 12.0 Å². The van der Waals surface area contributed by atoms with E-state index in [9.17, 15) is 34.2 Å². The molecule has 1 aromatic heterocycles. The predicted octanol–water partition coefficient (Wildman–Crippen LogP) is -0.804. The van der Waals surface area contributed by atoms with Crippen molar-refractivity contribution >= 4 is 52.8 Å². The number of esters is 1. The average Bonchev–Trinajstić information content (AvgIpc) is 3.34. The van der Waals surface area contributed by atoms with Gasteiger partial charge < -0.3 is 39.2 Å². The molecule has 3 rings (SSSR count). The first-order chi connectivity index (χ1) is 17.0. The van der Waals surface area contributed by atoms with E-state index in [-0.39, 0.29) is 11.0 Å². The van der Waals surface area contributed by atoms with Crippen LogP contribution in [0.5, 0.6) is 0 Å². The highest BCUT2D eigenvalue weighted by atomic mass is 32.2. The number of hydrogen-bond acceptors (Lipinski definition) is 10. The molecule has 0 spiro atoms. The second-order valence-corrected chi connectivity index (χ2v) is 13.1. The van der Waals surface area contributed by atoms with Gasteiger partial charge in [0.2, 0.25) is 5.91 Å². The molecule has 2 fully saturated rings. The lowest BCUT2D eigenvalue weighted by molar-refractivity contribution is -0.873. The minimum Gasteiger partial charge on any atom is -0.550 e. The predicted molar refractivity (Wildman–Crippen MR) is 131 cm³/mol. The fourth-order valence-corrected chi connectivity index (χ4v) is 7.00. The fraction of sp³-hybridized carbons (Fsp3) is 0.609. The van der Waals surface area contributed by atoms with Crippen LogP contribution in [0.25, 0.3) is 0 Å². The van der Waals surface area contributed by atoms with Crippen LogP contribution in [-0.2, 0) is 33.4 Å². The largest absolute Gasteiger partial charge is 0.550 e. The number of methoxy groups -OCH3 is 1. The van der Waals surface area contributed by atoms with Gasteiger partial charge in [-0.1, -0.05) is 0 Å². The summed E-state index contributed by atoms with van der Waals surface area (Å²) in [7, 11) is 6.59. The Hall–Kier alpha value is -2.68. The first kappa shape index (κ1) is 28.9. The van der Waals surface area contributed by atoms with Gasteiger partial charge in [0.1, 0.15) is 18.0 Å². The maximum Gasteiger partial charge on any atom is 0.327 e. The van der Waals surface area contributed by atoms with Crippen molar-refractivity contribution in [1.82, 2.24) is 10.2 Å². The molecule has 5 atom stereocenters. The number of fused-ring (bicyclic) bond motifs is 1. The van der Waals surface area contributed by atoms with Crippen molar-refractivity contribution in [2.45, 2.75) is 54.2 Å². The molecule has 0 aliphatic carbocycles. The van der Waals surface area contributed by atoms with Crippen molar-refractivity contribution in [3.05, 3.63) is 22.4 Å². The quantitative estimate of drug-likeness (QED) is 0.116. The molecule has 2 unspecified atom stereocenters. The summed E-state index contributed by atoms with van der Waals surface area (Å²) >= 11 is 2.40. The molecule has 2 amide bonds. The van der Waals surface area contributed by atoms with Crippen LogP contribution in [-0.4, -0.2) is 107 Å². The number of hydrogen-bond donors (Lipinski definition) is 2. The summed E-state index contributed by atoms with van der Waals surface area (Å²) in [4.78, 5) is 64.3. The number of quaternary nitrogens is 1. The molecular formula is C23H31N3O9S2. The number of aliphatic carboxylic acids is 2. The van der Waals surface area contributed by atoms with E-state index in [0.717, 1.165) is 4.90 Å². The van der Waals surface area contributed by atoms with Crippen LogP contribution in [0.2, 0.25) is 0 Å². The Kier molecular flexibility index (Phi) is 7.99. The number of ether oxygens (including phenoxy) is 2. The maximum atomic E-state index is 13.5. The highest BCUT2D eigenvalue weighted by Crippen LogP contribution is 2.55. The number of β-lactam (4-membered cyclic amide) rings is 1. The van der Waals surface area contributed by atoms with Crippen molar-refractivity contribution in [3.63, 3.8) is 0 Å². The van der Waals surface area contributed by atoms with Gasteiger partial charge in [-0.2, -0.15) is 11.3 Å². The standard InChI is InChI=1S/C23H31N3O9S2/c1-22(2)16(18(30)31)25-20(33)23(34-6,21(25)37-22)24-17(29)15(12-7-8-36-11-12)19(32)35-13(9-14(27)28)10-26(3,4)5/h7-8,11,13,15-16,21H,9-10H2,1-6H3,(H2-,24,27,28,29,30,31)/t13?,15?,16-,21+,23-/m0/s1. The van der Waals surface area contributed by atoms with Crippen molar-refractivity contribution in [1.29, 1.82) is 0 Å². The lowest BCUT2D eigenvalue weighted by Crippen LogP contribution is -2.80. The summed E-state index contributed by atoms with van der Waals surface area (Å²) in [6.45, 7) is 3.51. The van der Waals surface area contributed by atoms with Gasteiger partial charge in [-0.05, 0) is 36.2 Å². The zero-order chi connectivity index (χ0) is 27.9. The van der Waals surface area contributed by atoms with Gasteiger partial charge >= 0.3 is 11.9 Å². The molecule has 0 radical (unpaired) electrons. The summed E-state index contributed by atoms with van der Waals surface area (Å²) in [5, 5.41) is 25.9. The topological polar surface area (TPSA) is 162 Å². The van der Waals surface area contributed by atoms with Gasteiger partial charge in [-0.3, -0.25) is 14.4 Å². The monoisotopic (exact) mass is 557 g/mol. The van der Waals surface area contributed by atoms with Crippen LogP contribution < -0.4 is 10.4 Å². The zero-order valence-electron chi connectivity index (χ0n) is 21.4. The molecule has 204 valence electrons. The highest BCUT2D eigenvalue weighted by molar-refractivity contribution is 8.01. The van der Waals surface area contributed by atoms with E-state index in [1.54, 1.807) is 51.8 Å². The third-order valence-corrected chi connectivity index (χ3v) is 8.49. The Bertz CT molecular complexity index is 1090. The number of carboxylic acids is 2. The second-order valence-electron chi connectivity index (χ2n) is 10.6. The number of carboxylic acid groups (broad SMARTS) is 2. The summed E-state index contributed by atoms with van der Waals surface area (Å²) in [5.41, 5.74) is -1.59. The Morgan fingerprint density at radius 3 is 2.41 bits per heavy atom. The van der Waals surface area contributed by atoms with Crippen LogP contribution in [0.15, 0.2) is 16.8 Å². The molecule has 0 saturated carbocycles. The number of carbonyl (C=O) groups excluding carboxylic acids is 4. The Labute approximate surface area is 222 Å². The fourth-order valence-electron chi connectivity index (χ4n) is 4.65. The van der Waals surface area contributed by atoms with Crippen LogP contribution in [0.3, 0.4) is 0 Å². The number of amides is 2. The maximum absolute atomic E-state index is 13.5. The van der Waals surface area contributed by atoms with E-state index in [4.69, 9.17) is 9.47 Å². The molecule has 12 nitrogen and oxygen atoms in total. The number of likely N-dealkylation sites (N-methyl/N-ethyl adjacent to an activating group) is 1. The number of rotatable bonds is 11. The van der Waals surface area contributed by atoms with Crippen LogP contribution in [0.4, 0.5) is 0 Å². The van der Waals surface area contributed by atoms with Crippen molar-refractivity contribution in [3.8, 4) is 0 Å². The van der Waals surface area contributed by atoms with Crippen LogP contribution in [0, 0.1) is 0 Å². The second kappa shape index (κ2) is 10.2. The van der Waals surface area contributed by atoms with Gasteiger partial charge in [0.05, 0.1) is 21.1 Å². The molecular weight excluding hydrogens is 526 g/mol. The van der Waals surface area contributed by atoms with Gasteiger partial charge in [-0.15, -0.1) is 11.8 Å². The molecule has 0 aromatic carbocycles. The number of thioether (sulfide) groups is 1. The van der Waals surface area contributed by atoms with Crippen molar-refractivity contribution < 1.29 is 48.1 Å². The smallest absolute Gasteiger partial charge is 0.327 e. The van der Waals surface area contributed by atoms with Crippen molar-refractivity contribution in [2.24, 2.45) is 0 Å². The highest BCUT2D eigenvalue weighted by Gasteiger charge is 2.73. The SMILES string of the molecule is CO[C@@]1(NC(=O)C(C(=O)OC(CC(=O)[O-])C[N+](C)(C)C)c2ccsc2)C(=O)N2[C@@H](C(=O)O)C(C)(C)S[C@@H]21. The third kappa shape index (κ3) is 5.61. The molecule has 0 bridgehead atoms. The van der Waals surface area contributed by atoms with E-state index >= 15 is 0 Å². The number of nitrogens with one attached hydrogen (secondary N) is 1. The number of nitrogens with zero attached hydrogens (tertiary/aromatic N) is 2. The molecule has 3 heterocycles. The Morgan fingerprint density at radius 1 is 1.27 bits per heavy atom. The molecule has 2 aliphatic heterocycles. The Morgan fingerprint density at radius 2 is 1.92 bits per heavy atom. The summed E-state index contributed by atoms with van der Waals surface area (Å²) < 4.78 is 10.4. The normalized spacial score (nSPS) is 26.0. The van der Waals surface area contributed by atoms with E-state index < -0.39 is 70.1 Å². The molecule has 2 N–H and O–H groups in total. The minimum absolute atomic E-state index is 0.150. The summed E-state index contributed by atoms with van der Waals surface area (Å²) in [6.07, 6.45) is -1.62. The average molecular weight is 558 g/mol. The first-order valence-corrected chi connectivity index (χ1v) is 13.2. The lowest BCUT2D eigenvalue weighted by Gasteiger charge is -2.51. The Balaban J connectivity index is 1.88. The molecule has 37 heavy (non-hydrogen) atoms. The van der Waals surface area contributed by atoms with E-state index in [2.05, 4.69) is 5.32 Å². The van der Waals surface area contributed by atoms with E-state index in [1.807, 2.05) is 0 Å². The first-order valence-electron chi connectivity index (χ1n) is 11.4. The van der Waals surface area contributed by atoms with Gasteiger partial charge in [0, 0.05) is 24.2 Å². The van der Waals surface area contributed by atoms with E-state index in [1.165, 1.54) is 30.2 Å². The van der Waals surface area contributed by atoms with Crippen LogP contribution >= 0.6 is 23.1 Å². The third-order valence-electron chi connectivity index (χ3n) is 6.17. The molecule has 2 saturated heterocycles. The van der Waals surface area contributed by atoms with Gasteiger partial charge in [0.25, 0.3) is 11.6 Å². The van der Waals surface area contributed by atoms with E-state index in [0.29, 0.717) is 5.56 Å². The lowest BCUT2D eigenvalue weighted by atomic mass is 9.92. The number of thiophene rings is 1. The van der Waals surface area contributed by atoms with Crippen LogP contribution in [0.1, 0.15) is 31.7 Å². The molecule has 14 heteroatoms. The molecule has 2 aliphatic rings. The minimum atomic E-state index is -1.88. The van der Waals surface area contributed by atoms with Gasteiger partial charge in [-0.25, -0.2) is 4.79 Å². The summed E-state index contributed by atoms with van der Waals surface area (Å²) in [5.74, 6) is -6.74. The zero-order valence-corrected chi connectivity index (χ0v) is 23.0. The summed E-state index contributed by atoms with van der Waals surface area (Å²) in [6, 6.07) is 0.417. The van der Waals surface area contributed by atoms with Crippen molar-refractivity contribution in [2.75, 3.05) is 34.8 Å². The number of carbonyl (C=O) groups is 5.